The minimum atomic E-state index is -0.732. The Morgan fingerprint density at radius 1 is 1.28 bits per heavy atom. The molecule has 2 aliphatic rings. The zero-order valence-corrected chi connectivity index (χ0v) is 17.3. The van der Waals surface area contributed by atoms with Gasteiger partial charge in [0.15, 0.2) is 0 Å². The van der Waals surface area contributed by atoms with Crippen molar-refractivity contribution in [3.05, 3.63) is 47.1 Å². The lowest BCUT2D eigenvalue weighted by molar-refractivity contribution is -0.148. The van der Waals surface area contributed by atoms with Gasteiger partial charge in [-0.3, -0.25) is 4.79 Å². The monoisotopic (exact) mass is 404 g/mol. The molecule has 4 atom stereocenters. The van der Waals surface area contributed by atoms with Crippen LogP contribution >= 0.6 is 0 Å². The molecule has 0 unspecified atom stereocenters. The summed E-state index contributed by atoms with van der Waals surface area (Å²) in [5, 5.41) is 10.2. The quantitative estimate of drug-likeness (QED) is 0.333. The zero-order valence-electron chi connectivity index (χ0n) is 17.3. The highest BCUT2D eigenvalue weighted by atomic mass is 16.6. The minimum Gasteiger partial charge on any atom is -0.461 e. The fraction of sp³-hybridized carbons (Fsp3) is 0.500. The Bertz CT molecular complexity index is 787. The van der Waals surface area contributed by atoms with Gasteiger partial charge in [-0.15, -0.1) is 0 Å². The number of fused-ring (bicyclic) bond motifs is 1. The highest BCUT2D eigenvalue weighted by Gasteiger charge is 2.44. The Morgan fingerprint density at radius 3 is 2.55 bits per heavy atom. The van der Waals surface area contributed by atoms with Gasteiger partial charge in [-0.2, -0.15) is 0 Å². The van der Waals surface area contributed by atoms with Gasteiger partial charge in [0.2, 0.25) is 0 Å². The van der Waals surface area contributed by atoms with Crippen LogP contribution in [0.15, 0.2) is 47.1 Å². The van der Waals surface area contributed by atoms with Crippen LogP contribution in [0.4, 0.5) is 0 Å². The van der Waals surface area contributed by atoms with Crippen LogP contribution in [-0.4, -0.2) is 47.9 Å². The van der Waals surface area contributed by atoms with E-state index in [1.54, 1.807) is 19.1 Å². The van der Waals surface area contributed by atoms with E-state index in [0.29, 0.717) is 12.8 Å². The molecule has 1 aliphatic carbocycles. The van der Waals surface area contributed by atoms with Gasteiger partial charge in [0, 0.05) is 18.9 Å². The van der Waals surface area contributed by atoms with Crippen molar-refractivity contribution >= 4 is 17.9 Å². The Balaban J connectivity index is 2.34. The third-order valence-electron chi connectivity index (χ3n) is 4.94. The minimum absolute atomic E-state index is 0.193. The molecule has 1 saturated heterocycles. The molecule has 0 amide bonds. The predicted molar refractivity (Wildman–Crippen MR) is 106 cm³/mol. The van der Waals surface area contributed by atoms with E-state index in [1.165, 1.54) is 13.0 Å². The topological polar surface area (TPSA) is 99.1 Å². The highest BCUT2D eigenvalue weighted by Crippen LogP contribution is 2.36. The average molecular weight is 404 g/mol. The standard InChI is InChI=1S/C22H28O7/c1-6-16(11-27-15(5)23)22(26)29-19-10-13(3)8-17(24)7-12(2)9-18-20(19)14(4)21(25)28-18/h6,8-9,17-20,24H,4,7,10-11H2,1-3,5H3/b12-9-,13-8+,16-6-/t17-,18+,19-,20+/m1/s1. The molecule has 1 heterocycles. The Morgan fingerprint density at radius 2 is 1.93 bits per heavy atom. The lowest BCUT2D eigenvalue weighted by Crippen LogP contribution is -2.34. The fourth-order valence-electron chi connectivity index (χ4n) is 3.53. The second-order valence-corrected chi connectivity index (χ2v) is 7.46. The third-order valence-corrected chi connectivity index (χ3v) is 4.94. The van der Waals surface area contributed by atoms with E-state index < -0.39 is 42.1 Å². The molecule has 0 saturated carbocycles. The molecule has 1 fully saturated rings. The first-order chi connectivity index (χ1) is 13.6. The molecule has 0 aromatic carbocycles. The van der Waals surface area contributed by atoms with Gasteiger partial charge < -0.3 is 19.3 Å². The summed E-state index contributed by atoms with van der Waals surface area (Å²) in [4.78, 5) is 35.9. The maximum atomic E-state index is 12.7. The van der Waals surface area contributed by atoms with Gasteiger partial charge in [-0.1, -0.05) is 29.9 Å². The lowest BCUT2D eigenvalue weighted by atomic mass is 9.85. The zero-order chi connectivity index (χ0) is 21.7. The van der Waals surface area contributed by atoms with Crippen LogP contribution in [0.1, 0.15) is 40.5 Å². The number of allylic oxidation sites excluding steroid dienone is 1. The van der Waals surface area contributed by atoms with E-state index in [1.807, 2.05) is 13.8 Å². The molecule has 0 aromatic rings. The third kappa shape index (κ3) is 5.90. The molecular formula is C22H28O7. The SMILES string of the molecule is C=C1C(=O)O[C@H]2/C=C(/C)C[C@@H](O)/C=C(\C)C[C@@H](OC(=O)/C(=C\C)COC(C)=O)[C@@H]12. The number of carbonyl (C=O) groups is 3. The van der Waals surface area contributed by atoms with Gasteiger partial charge in [0.1, 0.15) is 18.8 Å². The molecule has 0 spiro atoms. The summed E-state index contributed by atoms with van der Waals surface area (Å²) in [6, 6.07) is 0. The van der Waals surface area contributed by atoms with E-state index in [9.17, 15) is 19.5 Å². The van der Waals surface area contributed by atoms with Crippen molar-refractivity contribution < 1.29 is 33.7 Å². The number of aliphatic hydroxyl groups excluding tert-OH is 1. The molecule has 1 N–H and O–H groups in total. The summed E-state index contributed by atoms with van der Waals surface area (Å²) in [7, 11) is 0. The second-order valence-electron chi connectivity index (χ2n) is 7.46. The first kappa shape index (κ1) is 22.6. The summed E-state index contributed by atoms with van der Waals surface area (Å²) >= 11 is 0. The normalized spacial score (nSPS) is 31.6. The van der Waals surface area contributed by atoms with Crippen molar-refractivity contribution in [3.8, 4) is 0 Å². The molecule has 0 bridgehead atoms. The van der Waals surface area contributed by atoms with Crippen LogP contribution in [0.5, 0.6) is 0 Å². The van der Waals surface area contributed by atoms with E-state index >= 15 is 0 Å². The molecule has 2 rings (SSSR count). The molecule has 158 valence electrons. The lowest BCUT2D eigenvalue weighted by Gasteiger charge is -2.28. The summed E-state index contributed by atoms with van der Waals surface area (Å²) in [5.41, 5.74) is 2.11. The van der Waals surface area contributed by atoms with Crippen molar-refractivity contribution in [1.29, 1.82) is 0 Å². The van der Waals surface area contributed by atoms with Crippen LogP contribution in [0, 0.1) is 5.92 Å². The van der Waals surface area contributed by atoms with Crippen molar-refractivity contribution in [3.63, 3.8) is 0 Å². The molecular weight excluding hydrogens is 376 g/mol. The molecule has 7 nitrogen and oxygen atoms in total. The van der Waals surface area contributed by atoms with Crippen LogP contribution in [0.25, 0.3) is 0 Å². The number of carbonyl (C=O) groups excluding carboxylic acids is 3. The first-order valence-corrected chi connectivity index (χ1v) is 9.54. The number of esters is 3. The van der Waals surface area contributed by atoms with Gasteiger partial charge in [0.25, 0.3) is 0 Å². The number of hydrogen-bond acceptors (Lipinski definition) is 7. The number of hydrogen-bond donors (Lipinski definition) is 1. The van der Waals surface area contributed by atoms with Gasteiger partial charge in [0.05, 0.1) is 17.6 Å². The molecule has 0 radical (unpaired) electrons. The largest absolute Gasteiger partial charge is 0.461 e. The van der Waals surface area contributed by atoms with Crippen LogP contribution in [-0.2, 0) is 28.6 Å². The number of ether oxygens (including phenoxy) is 3. The van der Waals surface area contributed by atoms with E-state index in [-0.39, 0.29) is 17.8 Å². The van der Waals surface area contributed by atoms with Crippen LogP contribution in [0.2, 0.25) is 0 Å². The van der Waals surface area contributed by atoms with Gasteiger partial charge in [-0.05, 0) is 33.3 Å². The average Bonchev–Trinajstić information content (AvgIpc) is 2.87. The number of rotatable bonds is 4. The van der Waals surface area contributed by atoms with Crippen molar-refractivity contribution in [2.45, 2.75) is 58.8 Å². The van der Waals surface area contributed by atoms with Crippen LogP contribution in [0.3, 0.4) is 0 Å². The molecule has 7 heteroatoms. The maximum Gasteiger partial charge on any atom is 0.337 e. The second kappa shape index (κ2) is 9.69. The maximum absolute atomic E-state index is 12.7. The number of aliphatic hydroxyl groups is 1. The Labute approximate surface area is 170 Å². The predicted octanol–water partition coefficient (Wildman–Crippen LogP) is 2.55. The first-order valence-electron chi connectivity index (χ1n) is 9.54. The Hall–Kier alpha value is -2.67. The summed E-state index contributed by atoms with van der Waals surface area (Å²) in [5.74, 6) is -2.23. The summed E-state index contributed by atoms with van der Waals surface area (Å²) in [6.07, 6.45) is 3.68. The molecule has 29 heavy (non-hydrogen) atoms. The summed E-state index contributed by atoms with van der Waals surface area (Å²) in [6.45, 7) is 10.2. The smallest absolute Gasteiger partial charge is 0.337 e. The van der Waals surface area contributed by atoms with Crippen molar-refractivity contribution in [1.82, 2.24) is 0 Å². The van der Waals surface area contributed by atoms with Crippen molar-refractivity contribution in [2.75, 3.05) is 6.61 Å². The van der Waals surface area contributed by atoms with E-state index in [0.717, 1.165) is 11.1 Å². The van der Waals surface area contributed by atoms with Crippen molar-refractivity contribution in [2.24, 2.45) is 5.92 Å². The molecule has 0 aromatic heterocycles. The fourth-order valence-corrected chi connectivity index (χ4v) is 3.53. The summed E-state index contributed by atoms with van der Waals surface area (Å²) < 4.78 is 16.1. The molecule has 1 aliphatic heterocycles. The van der Waals surface area contributed by atoms with E-state index in [2.05, 4.69) is 6.58 Å². The Kier molecular flexibility index (Phi) is 7.56. The van der Waals surface area contributed by atoms with Gasteiger partial charge >= 0.3 is 17.9 Å². The van der Waals surface area contributed by atoms with Gasteiger partial charge in [-0.25, -0.2) is 9.59 Å². The van der Waals surface area contributed by atoms with Crippen LogP contribution < -0.4 is 0 Å². The highest BCUT2D eigenvalue weighted by molar-refractivity contribution is 5.92. The van der Waals surface area contributed by atoms with E-state index in [4.69, 9.17) is 14.2 Å².